The van der Waals surface area contributed by atoms with E-state index in [-0.39, 0.29) is 15.9 Å². The van der Waals surface area contributed by atoms with Gasteiger partial charge in [0.25, 0.3) is 0 Å². The van der Waals surface area contributed by atoms with Gasteiger partial charge in [0.1, 0.15) is 4.99 Å². The van der Waals surface area contributed by atoms with Crippen LogP contribution in [0, 0.1) is 0 Å². The summed E-state index contributed by atoms with van der Waals surface area (Å²) in [5, 5.41) is 0. The van der Waals surface area contributed by atoms with Gasteiger partial charge in [0.05, 0.1) is 4.90 Å². The van der Waals surface area contributed by atoms with E-state index in [1.54, 1.807) is 37.0 Å². The summed E-state index contributed by atoms with van der Waals surface area (Å²) in [6, 6.07) is 6.45. The van der Waals surface area contributed by atoms with Crippen LogP contribution in [0.2, 0.25) is 0 Å². The molecule has 0 aliphatic heterocycles. The van der Waals surface area contributed by atoms with Crippen molar-refractivity contribution >= 4 is 39.0 Å². The van der Waals surface area contributed by atoms with Gasteiger partial charge in [-0.25, -0.2) is 8.42 Å². The number of sulfonamides is 1. The molecule has 0 aromatic heterocycles. The molecule has 0 saturated heterocycles. The van der Waals surface area contributed by atoms with Crippen molar-refractivity contribution in [3.63, 3.8) is 0 Å². The van der Waals surface area contributed by atoms with Gasteiger partial charge in [-0.1, -0.05) is 30.4 Å². The summed E-state index contributed by atoms with van der Waals surface area (Å²) in [7, 11) is -2.01. The Morgan fingerprint density at radius 2 is 2.05 bits per heavy atom. The van der Waals surface area contributed by atoms with Crippen LogP contribution in [0.5, 0.6) is 0 Å². The Labute approximate surface area is 124 Å². The molecule has 0 aliphatic carbocycles. The Kier molecular flexibility index (Phi) is 5.79. The van der Waals surface area contributed by atoms with E-state index >= 15 is 0 Å². The number of nitrogens with zero attached hydrogens (tertiary/aromatic N) is 1. The lowest BCUT2D eigenvalue weighted by Gasteiger charge is -2.24. The SMILES string of the molecule is CSCC(C)N(C)S(=O)(=O)c1ccccc1C(N)=S. The molecule has 0 heterocycles. The average molecular weight is 318 g/mol. The molecule has 0 radical (unpaired) electrons. The van der Waals surface area contributed by atoms with Crippen molar-refractivity contribution in [3.8, 4) is 0 Å². The highest BCUT2D eigenvalue weighted by Crippen LogP contribution is 2.21. The zero-order chi connectivity index (χ0) is 14.6. The van der Waals surface area contributed by atoms with E-state index in [0.717, 1.165) is 5.75 Å². The third-order valence-corrected chi connectivity index (χ3v) is 5.90. The van der Waals surface area contributed by atoms with E-state index in [9.17, 15) is 8.42 Å². The van der Waals surface area contributed by atoms with E-state index in [2.05, 4.69) is 0 Å². The summed E-state index contributed by atoms with van der Waals surface area (Å²) in [6.45, 7) is 1.87. The van der Waals surface area contributed by atoms with Crippen molar-refractivity contribution < 1.29 is 8.42 Å². The first-order valence-electron chi connectivity index (χ1n) is 5.68. The van der Waals surface area contributed by atoms with Crippen LogP contribution in [0.1, 0.15) is 12.5 Å². The van der Waals surface area contributed by atoms with Crippen LogP contribution in [0.3, 0.4) is 0 Å². The summed E-state index contributed by atoms with van der Waals surface area (Å²) >= 11 is 6.52. The van der Waals surface area contributed by atoms with Crippen LogP contribution in [-0.2, 0) is 10.0 Å². The van der Waals surface area contributed by atoms with Crippen LogP contribution >= 0.6 is 24.0 Å². The minimum atomic E-state index is -3.58. The highest BCUT2D eigenvalue weighted by molar-refractivity contribution is 7.98. The second-order valence-corrected chi connectivity index (χ2v) is 7.50. The van der Waals surface area contributed by atoms with Gasteiger partial charge in [0.2, 0.25) is 10.0 Å². The first kappa shape index (κ1) is 16.4. The lowest BCUT2D eigenvalue weighted by atomic mass is 10.2. The maximum absolute atomic E-state index is 12.6. The summed E-state index contributed by atoms with van der Waals surface area (Å²) < 4.78 is 26.5. The molecular weight excluding hydrogens is 300 g/mol. The Morgan fingerprint density at radius 1 is 1.47 bits per heavy atom. The molecule has 2 N–H and O–H groups in total. The Bertz CT molecular complexity index is 558. The maximum atomic E-state index is 12.6. The first-order chi connectivity index (χ1) is 8.82. The van der Waals surface area contributed by atoms with Gasteiger partial charge in [-0.3, -0.25) is 0 Å². The van der Waals surface area contributed by atoms with Crippen LogP contribution in [0.15, 0.2) is 29.2 Å². The Hall–Kier alpha value is -0.630. The molecule has 0 saturated carbocycles. The highest BCUT2D eigenvalue weighted by Gasteiger charge is 2.27. The number of nitrogens with two attached hydrogens (primary N) is 1. The topological polar surface area (TPSA) is 63.4 Å². The Balaban J connectivity index is 3.24. The zero-order valence-electron chi connectivity index (χ0n) is 11.2. The third-order valence-electron chi connectivity index (χ3n) is 2.84. The van der Waals surface area contributed by atoms with Gasteiger partial charge < -0.3 is 5.73 Å². The second-order valence-electron chi connectivity index (χ2n) is 4.19. The van der Waals surface area contributed by atoms with Crippen LogP contribution in [0.25, 0.3) is 0 Å². The van der Waals surface area contributed by atoms with Crippen molar-refractivity contribution in [2.24, 2.45) is 5.73 Å². The normalized spacial score (nSPS) is 13.5. The third kappa shape index (κ3) is 3.68. The standard InChI is InChI=1S/C12H18N2O2S3/c1-9(8-18-3)14(2)19(15,16)11-7-5-4-6-10(11)12(13)17/h4-7,9H,8H2,1-3H3,(H2,13,17). The van der Waals surface area contributed by atoms with E-state index in [0.29, 0.717) is 5.56 Å². The largest absolute Gasteiger partial charge is 0.389 e. The fraction of sp³-hybridized carbons (Fsp3) is 0.417. The molecule has 0 bridgehead atoms. The maximum Gasteiger partial charge on any atom is 0.243 e. The fourth-order valence-corrected chi connectivity index (χ4v) is 4.24. The van der Waals surface area contributed by atoms with E-state index in [1.165, 1.54) is 10.4 Å². The molecule has 0 amide bonds. The van der Waals surface area contributed by atoms with Crippen molar-refractivity contribution in [2.75, 3.05) is 19.1 Å². The summed E-state index contributed by atoms with van der Waals surface area (Å²) in [4.78, 5) is 0.253. The van der Waals surface area contributed by atoms with Gasteiger partial charge in [-0.05, 0) is 19.2 Å². The van der Waals surface area contributed by atoms with Crippen molar-refractivity contribution in [1.82, 2.24) is 4.31 Å². The quantitative estimate of drug-likeness (QED) is 0.809. The van der Waals surface area contributed by atoms with Crippen molar-refractivity contribution in [1.29, 1.82) is 0 Å². The van der Waals surface area contributed by atoms with Gasteiger partial charge in [0, 0.05) is 24.4 Å². The van der Waals surface area contributed by atoms with Crippen molar-refractivity contribution in [2.45, 2.75) is 17.9 Å². The molecule has 0 aliphatic rings. The van der Waals surface area contributed by atoms with Gasteiger partial charge >= 0.3 is 0 Å². The lowest BCUT2D eigenvalue weighted by molar-refractivity contribution is 0.415. The molecule has 1 unspecified atom stereocenters. The smallest absolute Gasteiger partial charge is 0.243 e. The minimum Gasteiger partial charge on any atom is -0.389 e. The van der Waals surface area contributed by atoms with Gasteiger partial charge in [-0.2, -0.15) is 16.1 Å². The molecule has 106 valence electrons. The van der Waals surface area contributed by atoms with Gasteiger partial charge in [0.15, 0.2) is 0 Å². The van der Waals surface area contributed by atoms with Crippen LogP contribution in [-0.4, -0.2) is 42.8 Å². The molecule has 0 fully saturated rings. The zero-order valence-corrected chi connectivity index (χ0v) is 13.6. The summed E-state index contributed by atoms with van der Waals surface area (Å²) in [5.74, 6) is 0.727. The molecule has 1 aromatic rings. The highest BCUT2D eigenvalue weighted by atomic mass is 32.2. The minimum absolute atomic E-state index is 0.0881. The lowest BCUT2D eigenvalue weighted by Crippen LogP contribution is -2.37. The molecule has 7 heteroatoms. The fourth-order valence-electron chi connectivity index (χ4n) is 1.63. The van der Waals surface area contributed by atoms with E-state index in [1.807, 2.05) is 13.2 Å². The molecule has 1 rings (SSSR count). The van der Waals surface area contributed by atoms with E-state index in [4.69, 9.17) is 18.0 Å². The average Bonchev–Trinajstić information content (AvgIpc) is 2.38. The monoisotopic (exact) mass is 318 g/mol. The number of rotatable bonds is 6. The van der Waals surface area contributed by atoms with Crippen molar-refractivity contribution in [3.05, 3.63) is 29.8 Å². The predicted octanol–water partition coefficient (Wildman–Crippen LogP) is 1.69. The Morgan fingerprint density at radius 3 is 2.58 bits per heavy atom. The van der Waals surface area contributed by atoms with Crippen LogP contribution in [0.4, 0.5) is 0 Å². The van der Waals surface area contributed by atoms with Crippen LogP contribution < -0.4 is 5.73 Å². The summed E-state index contributed by atoms with van der Waals surface area (Å²) in [6.07, 6.45) is 1.94. The first-order valence-corrected chi connectivity index (χ1v) is 8.92. The van der Waals surface area contributed by atoms with E-state index < -0.39 is 10.0 Å². The number of thiocarbonyl (C=S) groups is 1. The molecule has 0 spiro atoms. The number of benzene rings is 1. The molecule has 1 atom stereocenters. The molecule has 1 aromatic carbocycles. The second kappa shape index (κ2) is 6.69. The summed E-state index contributed by atoms with van der Waals surface area (Å²) in [5.41, 5.74) is 5.98. The number of hydrogen-bond acceptors (Lipinski definition) is 4. The number of thioether (sulfide) groups is 1. The predicted molar refractivity (Wildman–Crippen MR) is 85.1 cm³/mol. The molecule has 19 heavy (non-hydrogen) atoms. The molecule has 4 nitrogen and oxygen atoms in total. The molecular formula is C12H18N2O2S3. The number of hydrogen-bond donors (Lipinski definition) is 1. The van der Waals surface area contributed by atoms with Gasteiger partial charge in [-0.15, -0.1) is 0 Å².